The number of cyclic esters (lactones) is 1. The van der Waals surface area contributed by atoms with Gasteiger partial charge in [-0.2, -0.15) is 0 Å². The predicted molar refractivity (Wildman–Crippen MR) is 94.0 cm³/mol. The lowest BCUT2D eigenvalue weighted by Gasteiger charge is -2.25. The van der Waals surface area contributed by atoms with Gasteiger partial charge in [-0.25, -0.2) is 4.79 Å². The molecule has 7 heteroatoms. The lowest BCUT2D eigenvalue weighted by atomic mass is 9.81. The van der Waals surface area contributed by atoms with E-state index in [1.807, 2.05) is 18.2 Å². The van der Waals surface area contributed by atoms with Crippen LogP contribution in [0.1, 0.15) is 11.1 Å². The molecule has 1 saturated heterocycles. The summed E-state index contributed by atoms with van der Waals surface area (Å²) in [7, 11) is 1.44. The van der Waals surface area contributed by atoms with E-state index in [-0.39, 0.29) is 31.3 Å². The van der Waals surface area contributed by atoms with Crippen LogP contribution in [0.4, 0.5) is 0 Å². The first-order chi connectivity index (χ1) is 13.0. The number of fused-ring (bicyclic) bond motifs is 1. The number of methoxy groups -OCH3 is 1. The molecule has 0 radical (unpaired) electrons. The van der Waals surface area contributed by atoms with E-state index in [1.54, 1.807) is 12.1 Å². The Kier molecular flexibility index (Phi) is 4.31. The van der Waals surface area contributed by atoms with Crippen molar-refractivity contribution in [3.63, 3.8) is 0 Å². The molecule has 0 spiro atoms. The van der Waals surface area contributed by atoms with E-state index >= 15 is 0 Å². The average molecular weight is 372 g/mol. The standard InChI is InChI=1S/C20H20O7/c1-24-17-8-13(2-4-15(17)21)9-20(23)14(10-25-19(20)22)6-12-3-5-16-18(7-12)27-11-26-16/h2-5,7-8,14,21,23H,6,9-11H2,1H3. The number of phenolic OH excluding ortho intramolecular Hbond substituents is 1. The molecule has 27 heavy (non-hydrogen) atoms. The molecule has 4 rings (SSSR count). The second-order valence-corrected chi connectivity index (χ2v) is 6.79. The summed E-state index contributed by atoms with van der Waals surface area (Å²) < 4.78 is 21.0. The summed E-state index contributed by atoms with van der Waals surface area (Å²) in [6.07, 6.45) is 0.520. The van der Waals surface area contributed by atoms with Gasteiger partial charge in [-0.15, -0.1) is 0 Å². The van der Waals surface area contributed by atoms with Gasteiger partial charge < -0.3 is 29.2 Å². The minimum atomic E-state index is -1.65. The molecule has 0 saturated carbocycles. The van der Waals surface area contributed by atoms with Crippen molar-refractivity contribution in [3.8, 4) is 23.0 Å². The van der Waals surface area contributed by atoms with Gasteiger partial charge in [0.2, 0.25) is 6.79 Å². The number of rotatable bonds is 5. The summed E-state index contributed by atoms with van der Waals surface area (Å²) in [6, 6.07) is 10.3. The number of esters is 1. The highest BCUT2D eigenvalue weighted by molar-refractivity contribution is 5.82. The van der Waals surface area contributed by atoms with Crippen LogP contribution < -0.4 is 14.2 Å². The van der Waals surface area contributed by atoms with Crippen LogP contribution in [0.5, 0.6) is 23.0 Å². The van der Waals surface area contributed by atoms with E-state index in [9.17, 15) is 15.0 Å². The first kappa shape index (κ1) is 17.5. The SMILES string of the molecule is COc1cc(CC2(O)C(=O)OCC2Cc2ccc3c(c2)OCO3)ccc1O. The van der Waals surface area contributed by atoms with Crippen molar-refractivity contribution in [2.24, 2.45) is 5.92 Å². The van der Waals surface area contributed by atoms with Crippen LogP contribution in [0.2, 0.25) is 0 Å². The fourth-order valence-electron chi connectivity index (χ4n) is 3.55. The van der Waals surface area contributed by atoms with Crippen molar-refractivity contribution < 1.29 is 34.0 Å². The topological polar surface area (TPSA) is 94.5 Å². The fourth-order valence-corrected chi connectivity index (χ4v) is 3.55. The van der Waals surface area contributed by atoms with Crippen LogP contribution in [0.25, 0.3) is 0 Å². The molecule has 0 bridgehead atoms. The summed E-state index contributed by atoms with van der Waals surface area (Å²) in [5.41, 5.74) is -0.0656. The Bertz CT molecular complexity index is 879. The minimum absolute atomic E-state index is 0.000789. The Morgan fingerprint density at radius 2 is 1.89 bits per heavy atom. The molecule has 7 nitrogen and oxygen atoms in total. The van der Waals surface area contributed by atoms with Gasteiger partial charge in [0, 0.05) is 12.3 Å². The number of hydrogen-bond acceptors (Lipinski definition) is 7. The van der Waals surface area contributed by atoms with Crippen LogP contribution in [0, 0.1) is 5.92 Å². The minimum Gasteiger partial charge on any atom is -0.504 e. The summed E-state index contributed by atoms with van der Waals surface area (Å²) >= 11 is 0. The third-order valence-electron chi connectivity index (χ3n) is 5.08. The first-order valence-electron chi connectivity index (χ1n) is 8.63. The quantitative estimate of drug-likeness (QED) is 0.773. The van der Waals surface area contributed by atoms with Crippen molar-refractivity contribution in [2.45, 2.75) is 18.4 Å². The average Bonchev–Trinajstić information content (AvgIpc) is 3.23. The highest BCUT2D eigenvalue weighted by atomic mass is 16.7. The fraction of sp³-hybridized carbons (Fsp3) is 0.350. The van der Waals surface area contributed by atoms with Crippen molar-refractivity contribution in [1.82, 2.24) is 0 Å². The highest BCUT2D eigenvalue weighted by Gasteiger charge is 2.51. The molecule has 2 aliphatic rings. The van der Waals surface area contributed by atoms with Crippen LogP contribution in [0.3, 0.4) is 0 Å². The van der Waals surface area contributed by atoms with Gasteiger partial charge in [-0.3, -0.25) is 0 Å². The second kappa shape index (κ2) is 6.66. The molecular weight excluding hydrogens is 352 g/mol. The molecule has 2 aromatic rings. The molecule has 2 unspecified atom stereocenters. The van der Waals surface area contributed by atoms with Crippen molar-refractivity contribution in [2.75, 3.05) is 20.5 Å². The summed E-state index contributed by atoms with van der Waals surface area (Å²) in [5.74, 6) is 0.577. The maximum Gasteiger partial charge on any atom is 0.338 e. The van der Waals surface area contributed by atoms with Crippen LogP contribution in [0.15, 0.2) is 36.4 Å². The third kappa shape index (κ3) is 3.14. The number of phenols is 1. The number of aliphatic hydroxyl groups is 1. The molecule has 2 atom stereocenters. The molecule has 1 fully saturated rings. The zero-order chi connectivity index (χ0) is 19.0. The van der Waals surface area contributed by atoms with E-state index in [4.69, 9.17) is 18.9 Å². The number of carbonyl (C=O) groups excluding carboxylic acids is 1. The molecule has 0 aliphatic carbocycles. The largest absolute Gasteiger partial charge is 0.504 e. The molecule has 2 heterocycles. The maximum absolute atomic E-state index is 12.3. The Hall–Kier alpha value is -2.93. The van der Waals surface area contributed by atoms with E-state index in [0.717, 1.165) is 5.56 Å². The smallest absolute Gasteiger partial charge is 0.338 e. The van der Waals surface area contributed by atoms with Gasteiger partial charge in [0.15, 0.2) is 28.6 Å². The second-order valence-electron chi connectivity index (χ2n) is 6.79. The van der Waals surface area contributed by atoms with Gasteiger partial charge >= 0.3 is 5.97 Å². The molecule has 2 N–H and O–H groups in total. The Morgan fingerprint density at radius 1 is 1.11 bits per heavy atom. The summed E-state index contributed by atoms with van der Waals surface area (Å²) in [4.78, 5) is 12.3. The van der Waals surface area contributed by atoms with Gasteiger partial charge in [-0.1, -0.05) is 12.1 Å². The van der Waals surface area contributed by atoms with Crippen LogP contribution >= 0.6 is 0 Å². The lowest BCUT2D eigenvalue weighted by molar-refractivity contribution is -0.154. The molecule has 0 aromatic heterocycles. The zero-order valence-electron chi connectivity index (χ0n) is 14.8. The maximum atomic E-state index is 12.3. The number of carbonyl (C=O) groups is 1. The third-order valence-corrected chi connectivity index (χ3v) is 5.08. The van der Waals surface area contributed by atoms with Crippen molar-refractivity contribution in [1.29, 1.82) is 0 Å². The monoisotopic (exact) mass is 372 g/mol. The van der Waals surface area contributed by atoms with Gasteiger partial charge in [0.25, 0.3) is 0 Å². The molecular formula is C20H20O7. The van der Waals surface area contributed by atoms with Gasteiger partial charge in [-0.05, 0) is 41.8 Å². The lowest BCUT2D eigenvalue weighted by Crippen LogP contribution is -2.44. The van der Waals surface area contributed by atoms with Gasteiger partial charge in [0.1, 0.15) is 0 Å². The van der Waals surface area contributed by atoms with Crippen molar-refractivity contribution >= 4 is 5.97 Å². The Labute approximate surface area is 156 Å². The number of benzene rings is 2. The van der Waals surface area contributed by atoms with Crippen LogP contribution in [-0.2, 0) is 22.4 Å². The highest BCUT2D eigenvalue weighted by Crippen LogP contribution is 2.38. The first-order valence-corrected chi connectivity index (χ1v) is 8.63. The number of ether oxygens (including phenoxy) is 4. The number of hydrogen-bond donors (Lipinski definition) is 2. The Balaban J connectivity index is 1.56. The van der Waals surface area contributed by atoms with Gasteiger partial charge in [0.05, 0.1) is 13.7 Å². The van der Waals surface area contributed by atoms with Crippen LogP contribution in [-0.4, -0.2) is 42.3 Å². The summed E-state index contributed by atoms with van der Waals surface area (Å²) in [5, 5.41) is 20.9. The molecule has 2 aliphatic heterocycles. The van der Waals surface area contributed by atoms with E-state index in [1.165, 1.54) is 13.2 Å². The van der Waals surface area contributed by atoms with E-state index in [2.05, 4.69) is 0 Å². The summed E-state index contributed by atoms with van der Waals surface area (Å²) in [6.45, 7) is 0.329. The van der Waals surface area contributed by atoms with E-state index < -0.39 is 17.5 Å². The molecule has 2 aromatic carbocycles. The predicted octanol–water partition coefficient (Wildman–Crippen LogP) is 1.82. The van der Waals surface area contributed by atoms with E-state index in [0.29, 0.717) is 23.5 Å². The zero-order valence-corrected chi connectivity index (χ0v) is 14.8. The normalized spacial score (nSPS) is 23.3. The number of aromatic hydroxyl groups is 1. The Morgan fingerprint density at radius 3 is 2.70 bits per heavy atom. The molecule has 0 amide bonds. The molecule has 142 valence electrons. The van der Waals surface area contributed by atoms with Crippen molar-refractivity contribution in [3.05, 3.63) is 47.5 Å².